The van der Waals surface area contributed by atoms with E-state index in [0.717, 1.165) is 11.1 Å². The van der Waals surface area contributed by atoms with Crippen LogP contribution in [0.3, 0.4) is 0 Å². The van der Waals surface area contributed by atoms with Gasteiger partial charge in [-0.05, 0) is 42.0 Å². The molecule has 1 aliphatic rings. The highest BCUT2D eigenvalue weighted by molar-refractivity contribution is 7.89. The first-order valence-corrected chi connectivity index (χ1v) is 12.6. The van der Waals surface area contributed by atoms with Gasteiger partial charge in [0.1, 0.15) is 5.03 Å². The summed E-state index contributed by atoms with van der Waals surface area (Å²) in [6, 6.07) is 17.8. The minimum atomic E-state index is -3.84. The van der Waals surface area contributed by atoms with Crippen molar-refractivity contribution >= 4 is 50.0 Å². The molecule has 1 aliphatic heterocycles. The second-order valence-corrected chi connectivity index (χ2v) is 10.7. The minimum absolute atomic E-state index is 0.0481. The number of aromatic nitrogens is 3. The van der Waals surface area contributed by atoms with Crippen LogP contribution in [-0.4, -0.2) is 58.3 Å². The van der Waals surface area contributed by atoms with Crippen molar-refractivity contribution in [2.24, 2.45) is 0 Å². The first kappa shape index (κ1) is 22.8. The number of fused-ring (bicyclic) bond motifs is 1. The number of nitrogens with zero attached hydrogens (tertiary/aromatic N) is 4. The van der Waals surface area contributed by atoms with Crippen molar-refractivity contribution < 1.29 is 13.2 Å². The Hall–Kier alpha value is -2.98. The summed E-state index contributed by atoms with van der Waals surface area (Å²) in [6.45, 7) is 0.693. The van der Waals surface area contributed by atoms with Crippen molar-refractivity contribution in [2.45, 2.75) is 11.6 Å². The molecule has 0 radical (unpaired) electrons. The summed E-state index contributed by atoms with van der Waals surface area (Å²) in [5.74, 6) is -0.248. The predicted molar refractivity (Wildman–Crippen MR) is 130 cm³/mol. The van der Waals surface area contributed by atoms with Gasteiger partial charge in [-0.3, -0.25) is 4.79 Å². The summed E-state index contributed by atoms with van der Waals surface area (Å²) in [6.07, 6.45) is 0. The van der Waals surface area contributed by atoms with Crippen molar-refractivity contribution in [3.05, 3.63) is 76.4 Å². The average molecular weight is 516 g/mol. The summed E-state index contributed by atoms with van der Waals surface area (Å²) in [7, 11) is -3.84. The lowest BCUT2D eigenvalue weighted by molar-refractivity contribution is -0.134. The van der Waals surface area contributed by atoms with E-state index in [-0.39, 0.29) is 24.0 Å². The topological polar surface area (TPSA) is 99.3 Å². The molecule has 1 saturated heterocycles. The van der Waals surface area contributed by atoms with Crippen molar-refractivity contribution in [3.63, 3.8) is 0 Å². The Bertz CT molecular complexity index is 1470. The van der Waals surface area contributed by atoms with Crippen LogP contribution in [0.4, 0.5) is 0 Å². The van der Waals surface area contributed by atoms with Crippen LogP contribution in [0.2, 0.25) is 10.2 Å². The predicted octanol–water partition coefficient (Wildman–Crippen LogP) is 3.96. The molecule has 0 aliphatic carbocycles. The number of carbonyl (C=O) groups excluding carboxylic acids is 1. The largest absolute Gasteiger partial charge is 0.345 e. The number of hydrogen-bond donors (Lipinski definition) is 1. The maximum Gasteiger partial charge on any atom is 0.259 e. The van der Waals surface area contributed by atoms with E-state index in [9.17, 15) is 13.2 Å². The third kappa shape index (κ3) is 4.52. The zero-order valence-electron chi connectivity index (χ0n) is 17.8. The third-order valence-electron chi connectivity index (χ3n) is 5.71. The molecular weight excluding hydrogens is 497 g/mol. The number of sulfonamides is 1. The van der Waals surface area contributed by atoms with Crippen LogP contribution in [0.1, 0.15) is 5.56 Å². The van der Waals surface area contributed by atoms with Crippen LogP contribution in [0.5, 0.6) is 0 Å². The number of amides is 1. The number of halogens is 2. The zero-order valence-corrected chi connectivity index (χ0v) is 20.1. The molecule has 2 aromatic carbocycles. The van der Waals surface area contributed by atoms with E-state index in [1.54, 1.807) is 41.3 Å². The second-order valence-electron chi connectivity index (χ2n) is 7.96. The summed E-state index contributed by atoms with van der Waals surface area (Å²) in [5.41, 5.74) is 3.18. The van der Waals surface area contributed by atoms with Gasteiger partial charge in [0, 0.05) is 41.1 Å². The number of aromatic amines is 1. The minimum Gasteiger partial charge on any atom is -0.345 e. The van der Waals surface area contributed by atoms with Gasteiger partial charge in [-0.2, -0.15) is 4.31 Å². The lowest BCUT2D eigenvalue weighted by atomic mass is 10.1. The highest BCUT2D eigenvalue weighted by Gasteiger charge is 2.33. The summed E-state index contributed by atoms with van der Waals surface area (Å²) in [5, 5.41) is 9.50. The van der Waals surface area contributed by atoms with E-state index in [2.05, 4.69) is 15.2 Å². The number of H-pyrrole nitrogens is 1. The van der Waals surface area contributed by atoms with Crippen molar-refractivity contribution in [3.8, 4) is 11.3 Å². The molecular formula is C23H19Cl2N5O3S. The molecule has 1 amide bonds. The van der Waals surface area contributed by atoms with Gasteiger partial charge in [0.2, 0.25) is 5.91 Å². The molecule has 8 nitrogen and oxygen atoms in total. The maximum atomic E-state index is 13.1. The van der Waals surface area contributed by atoms with E-state index < -0.39 is 10.0 Å². The first-order chi connectivity index (χ1) is 16.3. The molecule has 174 valence electrons. The Morgan fingerprint density at radius 1 is 0.941 bits per heavy atom. The fourth-order valence-corrected chi connectivity index (χ4v) is 5.56. The summed E-state index contributed by atoms with van der Waals surface area (Å²) in [4.78, 5) is 17.4. The van der Waals surface area contributed by atoms with E-state index in [1.165, 1.54) is 4.31 Å². The number of hydrogen-bond acceptors (Lipinski definition) is 5. The van der Waals surface area contributed by atoms with Crippen LogP contribution in [0.15, 0.2) is 65.7 Å². The van der Waals surface area contributed by atoms with Crippen LogP contribution >= 0.6 is 23.2 Å². The third-order valence-corrected chi connectivity index (χ3v) is 7.92. The van der Waals surface area contributed by atoms with Gasteiger partial charge in [0.05, 0.1) is 12.2 Å². The normalized spacial score (nSPS) is 15.2. The molecule has 2 aromatic heterocycles. The number of carbonyl (C=O) groups is 1. The van der Waals surface area contributed by atoms with Gasteiger partial charge < -0.3 is 9.88 Å². The lowest BCUT2D eigenvalue weighted by Crippen LogP contribution is -2.51. The number of piperazine rings is 1. The van der Waals surface area contributed by atoms with E-state index in [4.69, 9.17) is 23.2 Å². The Labute approximate surface area is 206 Å². The van der Waals surface area contributed by atoms with Crippen molar-refractivity contribution in [1.29, 1.82) is 0 Å². The van der Waals surface area contributed by atoms with E-state index in [0.29, 0.717) is 39.9 Å². The van der Waals surface area contributed by atoms with Crippen LogP contribution in [0.25, 0.3) is 22.2 Å². The quantitative estimate of drug-likeness (QED) is 0.433. The summed E-state index contributed by atoms with van der Waals surface area (Å²) < 4.78 is 27.4. The first-order valence-electron chi connectivity index (χ1n) is 10.4. The fourth-order valence-electron chi connectivity index (χ4n) is 3.89. The smallest absolute Gasteiger partial charge is 0.259 e. The molecule has 4 aromatic rings. The Morgan fingerprint density at radius 3 is 2.44 bits per heavy atom. The molecule has 34 heavy (non-hydrogen) atoms. The average Bonchev–Trinajstić information content (AvgIpc) is 3.25. The molecule has 0 saturated carbocycles. The SMILES string of the molecule is O=C1CN(S(=O)(=O)c2cc3cc(Cl)ccc3[nH]2)CCN1Cc1ccc(-c2ccc(Cl)nn2)cc1. The standard InChI is InChI=1S/C23H19Cl2N5O3S/c24-18-5-6-19-17(11-18)12-22(26-19)34(32,33)30-10-9-29(23(31)14-30)13-15-1-3-16(4-2-15)20-7-8-21(25)28-27-20/h1-8,11-12,26H,9-10,13-14H2. The maximum absolute atomic E-state index is 13.1. The monoisotopic (exact) mass is 515 g/mol. The second kappa shape index (κ2) is 8.99. The molecule has 0 unspecified atom stereocenters. The Kier molecular flexibility index (Phi) is 6.03. The summed E-state index contributed by atoms with van der Waals surface area (Å²) >= 11 is 11.8. The van der Waals surface area contributed by atoms with Crippen molar-refractivity contribution in [1.82, 2.24) is 24.4 Å². The van der Waals surface area contributed by atoms with Gasteiger partial charge in [-0.15, -0.1) is 10.2 Å². The van der Waals surface area contributed by atoms with Gasteiger partial charge in [0.15, 0.2) is 5.15 Å². The molecule has 0 spiro atoms. The molecule has 0 atom stereocenters. The van der Waals surface area contributed by atoms with E-state index >= 15 is 0 Å². The molecule has 1 N–H and O–H groups in total. The Balaban J connectivity index is 1.26. The number of rotatable bonds is 5. The molecule has 3 heterocycles. The molecule has 0 bridgehead atoms. The molecule has 5 rings (SSSR count). The highest BCUT2D eigenvalue weighted by Crippen LogP contribution is 2.25. The highest BCUT2D eigenvalue weighted by atomic mass is 35.5. The van der Waals surface area contributed by atoms with Crippen LogP contribution in [-0.2, 0) is 21.4 Å². The van der Waals surface area contributed by atoms with Crippen LogP contribution < -0.4 is 0 Å². The van der Waals surface area contributed by atoms with Gasteiger partial charge in [-0.25, -0.2) is 8.42 Å². The van der Waals surface area contributed by atoms with Gasteiger partial charge in [0.25, 0.3) is 10.0 Å². The molecule has 1 fully saturated rings. The van der Waals surface area contributed by atoms with Gasteiger partial charge >= 0.3 is 0 Å². The zero-order chi connectivity index (χ0) is 23.9. The Morgan fingerprint density at radius 2 is 1.74 bits per heavy atom. The van der Waals surface area contributed by atoms with Crippen LogP contribution in [0, 0.1) is 0 Å². The molecule has 11 heteroatoms. The number of nitrogens with one attached hydrogen (secondary N) is 1. The van der Waals surface area contributed by atoms with Crippen molar-refractivity contribution in [2.75, 3.05) is 19.6 Å². The fraction of sp³-hybridized carbons (Fsp3) is 0.174. The lowest BCUT2D eigenvalue weighted by Gasteiger charge is -2.33. The van der Waals surface area contributed by atoms with Gasteiger partial charge in [-0.1, -0.05) is 47.5 Å². The number of benzene rings is 2. The van der Waals surface area contributed by atoms with E-state index in [1.807, 2.05) is 24.3 Å².